The summed E-state index contributed by atoms with van der Waals surface area (Å²) in [7, 11) is 4.55. The van der Waals surface area contributed by atoms with E-state index in [-0.39, 0.29) is 0 Å². The van der Waals surface area contributed by atoms with Crippen molar-refractivity contribution < 1.29 is 0 Å². The van der Waals surface area contributed by atoms with E-state index in [1.807, 2.05) is 0 Å². The number of nitrogens with one attached hydrogen (secondary N) is 1. The number of hydrogen-bond acceptors (Lipinski definition) is 3. The van der Waals surface area contributed by atoms with Crippen molar-refractivity contribution in [2.24, 2.45) is 0 Å². The van der Waals surface area contributed by atoms with Crippen molar-refractivity contribution in [3.05, 3.63) is 0 Å². The van der Waals surface area contributed by atoms with Crippen LogP contribution < -0.4 is 5.32 Å². The summed E-state index contributed by atoms with van der Waals surface area (Å²) in [6.07, 6.45) is 4.11. The molecule has 0 radical (unpaired) electrons. The maximum Gasteiger partial charge on any atom is 0.0458 e. The van der Waals surface area contributed by atoms with Crippen LogP contribution in [0.15, 0.2) is 0 Å². The molecule has 0 aromatic heterocycles. The Kier molecular flexibility index (Phi) is 3.10. The predicted molar refractivity (Wildman–Crippen MR) is 59.6 cm³/mol. The van der Waals surface area contributed by atoms with Gasteiger partial charge in [0, 0.05) is 31.7 Å². The topological polar surface area (TPSA) is 18.5 Å². The lowest BCUT2D eigenvalue weighted by molar-refractivity contribution is 0.0573. The molecule has 1 atom stereocenters. The molecule has 1 N–H and O–H groups in total. The van der Waals surface area contributed by atoms with Crippen molar-refractivity contribution in [1.82, 2.24) is 15.1 Å². The number of likely N-dealkylation sites (tertiary alicyclic amines) is 1. The van der Waals surface area contributed by atoms with Crippen LogP contribution in [0.2, 0.25) is 0 Å². The Morgan fingerprint density at radius 3 is 2.79 bits per heavy atom. The molecule has 3 nitrogen and oxygen atoms in total. The molecule has 14 heavy (non-hydrogen) atoms. The van der Waals surface area contributed by atoms with Crippen molar-refractivity contribution >= 4 is 0 Å². The summed E-state index contributed by atoms with van der Waals surface area (Å²) in [6, 6.07) is 0. The van der Waals surface area contributed by atoms with Gasteiger partial charge in [0.1, 0.15) is 0 Å². The van der Waals surface area contributed by atoms with Crippen LogP contribution in [-0.4, -0.2) is 62.2 Å². The van der Waals surface area contributed by atoms with Crippen LogP contribution in [0.3, 0.4) is 0 Å². The number of nitrogens with zero attached hydrogens (tertiary/aromatic N) is 2. The third-order valence-corrected chi connectivity index (χ3v) is 3.88. The van der Waals surface area contributed by atoms with Gasteiger partial charge in [0.05, 0.1) is 0 Å². The van der Waals surface area contributed by atoms with Gasteiger partial charge in [-0.25, -0.2) is 0 Å². The van der Waals surface area contributed by atoms with E-state index in [4.69, 9.17) is 0 Å². The number of piperazine rings is 1. The molecular formula is C11H23N3. The van der Waals surface area contributed by atoms with Gasteiger partial charge in [-0.15, -0.1) is 0 Å². The van der Waals surface area contributed by atoms with Gasteiger partial charge in [0.15, 0.2) is 0 Å². The van der Waals surface area contributed by atoms with Crippen LogP contribution in [0, 0.1) is 0 Å². The Hall–Kier alpha value is -0.120. The van der Waals surface area contributed by atoms with Crippen LogP contribution in [0.4, 0.5) is 0 Å². The van der Waals surface area contributed by atoms with Crippen molar-refractivity contribution in [3.63, 3.8) is 0 Å². The third kappa shape index (κ3) is 1.95. The highest BCUT2D eigenvalue weighted by Crippen LogP contribution is 2.26. The van der Waals surface area contributed by atoms with Crippen molar-refractivity contribution in [3.8, 4) is 0 Å². The SMILES string of the molecule is CN1CCCCC2(CNCCN2C)C1. The summed E-state index contributed by atoms with van der Waals surface area (Å²) in [4.78, 5) is 5.07. The molecule has 0 aliphatic carbocycles. The van der Waals surface area contributed by atoms with E-state index in [9.17, 15) is 0 Å². The molecule has 0 aromatic rings. The lowest BCUT2D eigenvalue weighted by atomic mass is 9.90. The highest BCUT2D eigenvalue weighted by atomic mass is 15.3. The lowest BCUT2D eigenvalue weighted by Gasteiger charge is -2.46. The van der Waals surface area contributed by atoms with Crippen LogP contribution >= 0.6 is 0 Å². The fourth-order valence-corrected chi connectivity index (χ4v) is 2.89. The maximum atomic E-state index is 3.56. The first-order chi connectivity index (χ1) is 6.73. The second-order valence-electron chi connectivity index (χ2n) is 5.02. The minimum Gasteiger partial charge on any atom is -0.314 e. The Balaban J connectivity index is 2.09. The monoisotopic (exact) mass is 197 g/mol. The summed E-state index contributed by atoms with van der Waals surface area (Å²) in [5.41, 5.74) is 0.420. The van der Waals surface area contributed by atoms with Gasteiger partial charge in [-0.1, -0.05) is 6.42 Å². The largest absolute Gasteiger partial charge is 0.314 e. The van der Waals surface area contributed by atoms with E-state index in [0.29, 0.717) is 5.54 Å². The minimum atomic E-state index is 0.420. The zero-order valence-electron chi connectivity index (χ0n) is 9.55. The Labute approximate surface area is 87.4 Å². The van der Waals surface area contributed by atoms with E-state index in [1.165, 1.54) is 45.4 Å². The maximum absolute atomic E-state index is 3.56. The molecule has 2 aliphatic rings. The zero-order chi connectivity index (χ0) is 10.0. The van der Waals surface area contributed by atoms with Gasteiger partial charge in [-0.05, 0) is 33.5 Å². The first-order valence-corrected chi connectivity index (χ1v) is 5.83. The van der Waals surface area contributed by atoms with Crippen molar-refractivity contribution in [2.45, 2.75) is 24.8 Å². The average molecular weight is 197 g/mol. The molecule has 2 heterocycles. The molecule has 2 fully saturated rings. The molecule has 1 unspecified atom stereocenters. The fourth-order valence-electron chi connectivity index (χ4n) is 2.89. The minimum absolute atomic E-state index is 0.420. The fraction of sp³-hybridized carbons (Fsp3) is 1.00. The van der Waals surface area contributed by atoms with Crippen LogP contribution in [0.1, 0.15) is 19.3 Å². The van der Waals surface area contributed by atoms with Gasteiger partial charge in [0.2, 0.25) is 0 Å². The summed E-state index contributed by atoms with van der Waals surface area (Å²) in [5, 5.41) is 3.56. The molecular weight excluding hydrogens is 174 g/mol. The molecule has 0 bridgehead atoms. The Bertz CT molecular complexity index is 195. The van der Waals surface area contributed by atoms with Gasteiger partial charge in [0.25, 0.3) is 0 Å². The molecule has 82 valence electrons. The summed E-state index contributed by atoms with van der Waals surface area (Å²) in [6.45, 7) is 6.04. The molecule has 0 amide bonds. The second-order valence-corrected chi connectivity index (χ2v) is 5.02. The molecule has 2 saturated heterocycles. The van der Waals surface area contributed by atoms with E-state index in [2.05, 4.69) is 29.2 Å². The van der Waals surface area contributed by atoms with Gasteiger partial charge in [-0.2, -0.15) is 0 Å². The standard InChI is InChI=1S/C11H23N3/c1-13-7-4-3-5-11(10-13)9-12-6-8-14(11)2/h12H,3-10H2,1-2H3. The first-order valence-electron chi connectivity index (χ1n) is 5.83. The summed E-state index contributed by atoms with van der Waals surface area (Å²) < 4.78 is 0. The van der Waals surface area contributed by atoms with Crippen molar-refractivity contribution in [2.75, 3.05) is 46.8 Å². The molecule has 3 heteroatoms. The normalized spacial score (nSPS) is 37.3. The summed E-state index contributed by atoms with van der Waals surface area (Å²) in [5.74, 6) is 0. The summed E-state index contributed by atoms with van der Waals surface area (Å²) >= 11 is 0. The number of rotatable bonds is 0. The van der Waals surface area contributed by atoms with Crippen LogP contribution in [0.25, 0.3) is 0 Å². The Morgan fingerprint density at radius 1 is 1.14 bits per heavy atom. The van der Waals surface area contributed by atoms with E-state index < -0.39 is 0 Å². The van der Waals surface area contributed by atoms with Gasteiger partial charge >= 0.3 is 0 Å². The molecule has 2 aliphatic heterocycles. The molecule has 2 rings (SSSR count). The quantitative estimate of drug-likeness (QED) is 0.605. The van der Waals surface area contributed by atoms with Gasteiger partial charge < -0.3 is 10.2 Å². The zero-order valence-corrected chi connectivity index (χ0v) is 9.55. The number of likely N-dealkylation sites (N-methyl/N-ethyl adjacent to an activating group) is 2. The lowest BCUT2D eigenvalue weighted by Crippen LogP contribution is -2.63. The number of hydrogen-bond donors (Lipinski definition) is 1. The molecule has 0 aromatic carbocycles. The molecule has 1 spiro atoms. The predicted octanol–water partition coefficient (Wildman–Crippen LogP) is 0.376. The van der Waals surface area contributed by atoms with Gasteiger partial charge in [-0.3, -0.25) is 4.90 Å². The van der Waals surface area contributed by atoms with Crippen LogP contribution in [0.5, 0.6) is 0 Å². The van der Waals surface area contributed by atoms with E-state index in [1.54, 1.807) is 0 Å². The highest BCUT2D eigenvalue weighted by molar-refractivity contribution is 4.97. The van der Waals surface area contributed by atoms with E-state index >= 15 is 0 Å². The van der Waals surface area contributed by atoms with E-state index in [0.717, 1.165) is 6.54 Å². The second kappa shape index (κ2) is 4.17. The van der Waals surface area contributed by atoms with Crippen molar-refractivity contribution in [1.29, 1.82) is 0 Å². The first kappa shape index (κ1) is 10.4. The Morgan fingerprint density at radius 2 is 2.00 bits per heavy atom. The third-order valence-electron chi connectivity index (χ3n) is 3.88. The van der Waals surface area contributed by atoms with Crippen LogP contribution in [-0.2, 0) is 0 Å². The average Bonchev–Trinajstić information content (AvgIpc) is 2.34. The smallest absolute Gasteiger partial charge is 0.0458 e. The highest BCUT2D eigenvalue weighted by Gasteiger charge is 2.38. The molecule has 0 saturated carbocycles.